The van der Waals surface area contributed by atoms with Crippen LogP contribution in [0.25, 0.3) is 0 Å². The lowest BCUT2D eigenvalue weighted by Crippen LogP contribution is -2.12. The second-order valence-electron chi connectivity index (χ2n) is 2.76. The monoisotopic (exact) mass is 156 g/mol. The first-order valence-electron chi connectivity index (χ1n) is 3.81. The zero-order valence-corrected chi connectivity index (χ0v) is 7.68. The summed E-state index contributed by atoms with van der Waals surface area (Å²) in [6.45, 7) is 5.86. The fourth-order valence-electron chi connectivity index (χ4n) is 0.885. The van der Waals surface area contributed by atoms with Crippen molar-refractivity contribution in [3.8, 4) is 0 Å². The van der Waals surface area contributed by atoms with Gasteiger partial charge in [-0.25, -0.2) is 0 Å². The maximum Gasteiger partial charge on any atom is 0.308 e. The van der Waals surface area contributed by atoms with Gasteiger partial charge in [-0.05, 0) is 20.3 Å². The van der Waals surface area contributed by atoms with Crippen LogP contribution in [0.3, 0.4) is 0 Å². The maximum absolute atomic E-state index is 10.9. The van der Waals surface area contributed by atoms with Crippen LogP contribution in [0.5, 0.6) is 0 Å². The summed E-state index contributed by atoms with van der Waals surface area (Å²) in [4.78, 5) is 10.9. The van der Waals surface area contributed by atoms with Crippen molar-refractivity contribution in [1.82, 2.24) is 0 Å². The Labute approximate surface area is 68.2 Å². The van der Waals surface area contributed by atoms with Crippen molar-refractivity contribution in [2.45, 2.75) is 27.2 Å². The maximum atomic E-state index is 10.9. The normalized spacial score (nSPS) is 14.4. The Morgan fingerprint density at radius 1 is 1.64 bits per heavy atom. The van der Waals surface area contributed by atoms with Crippen LogP contribution in [-0.4, -0.2) is 13.1 Å². The Bertz CT molecular complexity index is 159. The molecule has 0 aromatic heterocycles. The van der Waals surface area contributed by atoms with Crippen LogP contribution < -0.4 is 0 Å². The average Bonchev–Trinajstić information content (AvgIpc) is 2.02. The van der Waals surface area contributed by atoms with E-state index >= 15 is 0 Å². The second-order valence-corrected chi connectivity index (χ2v) is 2.76. The van der Waals surface area contributed by atoms with Gasteiger partial charge in [-0.3, -0.25) is 4.79 Å². The van der Waals surface area contributed by atoms with Crippen molar-refractivity contribution in [1.29, 1.82) is 0 Å². The number of carbonyl (C=O) groups excluding carboxylic acids is 1. The van der Waals surface area contributed by atoms with Gasteiger partial charge in [0.05, 0.1) is 13.0 Å². The number of esters is 1. The summed E-state index contributed by atoms with van der Waals surface area (Å²) in [5.74, 6) is -0.151. The van der Waals surface area contributed by atoms with Gasteiger partial charge in [-0.15, -0.1) is 0 Å². The molecule has 2 nitrogen and oxygen atoms in total. The second kappa shape index (κ2) is 4.94. The summed E-state index contributed by atoms with van der Waals surface area (Å²) < 4.78 is 4.59. The van der Waals surface area contributed by atoms with E-state index in [0.717, 1.165) is 6.42 Å². The zero-order valence-electron chi connectivity index (χ0n) is 7.68. The van der Waals surface area contributed by atoms with Crippen molar-refractivity contribution in [2.24, 2.45) is 5.92 Å². The molecule has 1 atom stereocenters. The van der Waals surface area contributed by atoms with E-state index in [1.54, 1.807) is 0 Å². The van der Waals surface area contributed by atoms with Gasteiger partial charge in [0.25, 0.3) is 0 Å². The number of methoxy groups -OCH3 is 1. The van der Waals surface area contributed by atoms with Crippen molar-refractivity contribution in [2.75, 3.05) is 7.11 Å². The number of allylic oxidation sites excluding steroid dienone is 2. The molecule has 0 rings (SSSR count). The zero-order chi connectivity index (χ0) is 8.85. The van der Waals surface area contributed by atoms with E-state index in [1.165, 1.54) is 12.7 Å². The molecular weight excluding hydrogens is 140 g/mol. The molecule has 0 aliphatic rings. The number of ether oxygens (including phenoxy) is 1. The molecule has 0 aromatic carbocycles. The molecule has 1 unspecified atom stereocenters. The molecule has 0 heterocycles. The lowest BCUT2D eigenvalue weighted by molar-refractivity contribution is -0.144. The Morgan fingerprint density at radius 2 is 2.18 bits per heavy atom. The highest BCUT2D eigenvalue weighted by atomic mass is 16.5. The Morgan fingerprint density at radius 3 is 2.55 bits per heavy atom. The molecule has 0 aliphatic heterocycles. The minimum Gasteiger partial charge on any atom is -0.469 e. The van der Waals surface area contributed by atoms with Crippen LogP contribution in [-0.2, 0) is 9.53 Å². The van der Waals surface area contributed by atoms with Gasteiger partial charge in [0.15, 0.2) is 0 Å². The van der Waals surface area contributed by atoms with Crippen LogP contribution in [0.2, 0.25) is 0 Å². The Balaban J connectivity index is 3.87. The minimum absolute atomic E-state index is 0.0174. The topological polar surface area (TPSA) is 26.3 Å². The van der Waals surface area contributed by atoms with Crippen molar-refractivity contribution in [3.05, 3.63) is 11.6 Å². The molecule has 0 radical (unpaired) electrons. The molecule has 0 aliphatic carbocycles. The minimum atomic E-state index is -0.133. The highest BCUT2D eigenvalue weighted by molar-refractivity contribution is 5.72. The summed E-state index contributed by atoms with van der Waals surface area (Å²) in [5.41, 5.74) is 1.22. The lowest BCUT2D eigenvalue weighted by atomic mass is 10.0. The van der Waals surface area contributed by atoms with Gasteiger partial charge in [-0.1, -0.05) is 18.6 Å². The van der Waals surface area contributed by atoms with E-state index < -0.39 is 0 Å². The summed E-state index contributed by atoms with van der Waals surface area (Å²) in [6.07, 6.45) is 2.81. The van der Waals surface area contributed by atoms with E-state index in [9.17, 15) is 4.79 Å². The molecule has 0 fully saturated rings. The predicted molar refractivity (Wildman–Crippen MR) is 45.2 cm³/mol. The SMILES string of the molecule is CC=C(C)CC(C)C(=O)OC. The molecule has 0 amide bonds. The first-order valence-corrected chi connectivity index (χ1v) is 3.81. The van der Waals surface area contributed by atoms with Crippen LogP contribution in [0.15, 0.2) is 11.6 Å². The quantitative estimate of drug-likeness (QED) is 0.462. The van der Waals surface area contributed by atoms with Gasteiger partial charge in [-0.2, -0.15) is 0 Å². The van der Waals surface area contributed by atoms with Crippen LogP contribution in [0.4, 0.5) is 0 Å². The van der Waals surface area contributed by atoms with Crippen LogP contribution in [0, 0.1) is 5.92 Å². The van der Waals surface area contributed by atoms with E-state index in [0.29, 0.717) is 0 Å². The molecule has 0 saturated carbocycles. The van der Waals surface area contributed by atoms with Gasteiger partial charge < -0.3 is 4.74 Å². The smallest absolute Gasteiger partial charge is 0.308 e. The summed E-state index contributed by atoms with van der Waals surface area (Å²) in [7, 11) is 1.42. The Hall–Kier alpha value is -0.790. The van der Waals surface area contributed by atoms with Crippen LogP contribution in [0.1, 0.15) is 27.2 Å². The number of carbonyl (C=O) groups is 1. The lowest BCUT2D eigenvalue weighted by Gasteiger charge is -2.07. The standard InChI is InChI=1S/C9H16O2/c1-5-7(2)6-8(3)9(10)11-4/h5,8H,6H2,1-4H3. The molecule has 64 valence electrons. The molecule has 0 saturated heterocycles. The van der Waals surface area contributed by atoms with Gasteiger partial charge in [0.1, 0.15) is 0 Å². The number of rotatable bonds is 3. The summed E-state index contributed by atoms with van der Waals surface area (Å²) in [5, 5.41) is 0. The molecule has 11 heavy (non-hydrogen) atoms. The first kappa shape index (κ1) is 10.2. The summed E-state index contributed by atoms with van der Waals surface area (Å²) in [6, 6.07) is 0. The van der Waals surface area contributed by atoms with E-state index in [1.807, 2.05) is 26.8 Å². The molecule has 0 N–H and O–H groups in total. The van der Waals surface area contributed by atoms with Gasteiger partial charge in [0.2, 0.25) is 0 Å². The third kappa shape index (κ3) is 3.81. The molecule has 0 aromatic rings. The van der Waals surface area contributed by atoms with Gasteiger partial charge >= 0.3 is 5.97 Å². The van der Waals surface area contributed by atoms with E-state index in [4.69, 9.17) is 0 Å². The predicted octanol–water partition coefficient (Wildman–Crippen LogP) is 2.15. The van der Waals surface area contributed by atoms with Crippen molar-refractivity contribution in [3.63, 3.8) is 0 Å². The number of hydrogen-bond acceptors (Lipinski definition) is 2. The van der Waals surface area contributed by atoms with E-state index in [-0.39, 0.29) is 11.9 Å². The average molecular weight is 156 g/mol. The fraction of sp³-hybridized carbons (Fsp3) is 0.667. The Kier molecular flexibility index (Phi) is 4.59. The first-order chi connectivity index (χ1) is 5.11. The van der Waals surface area contributed by atoms with E-state index in [2.05, 4.69) is 4.74 Å². The molecular formula is C9H16O2. The highest BCUT2D eigenvalue weighted by Crippen LogP contribution is 2.11. The fourth-order valence-corrected chi connectivity index (χ4v) is 0.885. The van der Waals surface area contributed by atoms with Crippen molar-refractivity contribution >= 4 is 5.97 Å². The molecule has 2 heteroatoms. The molecule has 0 bridgehead atoms. The third-order valence-electron chi connectivity index (χ3n) is 1.72. The summed E-state index contributed by atoms with van der Waals surface area (Å²) >= 11 is 0. The van der Waals surface area contributed by atoms with Crippen LogP contribution >= 0.6 is 0 Å². The van der Waals surface area contributed by atoms with Crippen molar-refractivity contribution < 1.29 is 9.53 Å². The van der Waals surface area contributed by atoms with Gasteiger partial charge in [0, 0.05) is 0 Å². The molecule has 0 spiro atoms. The third-order valence-corrected chi connectivity index (χ3v) is 1.72. The largest absolute Gasteiger partial charge is 0.469 e. The highest BCUT2D eigenvalue weighted by Gasteiger charge is 2.12. The number of hydrogen-bond donors (Lipinski definition) is 0.